The van der Waals surface area contributed by atoms with Crippen LogP contribution in [0.2, 0.25) is 0 Å². The highest BCUT2D eigenvalue weighted by Crippen LogP contribution is 2.23. The zero-order valence-corrected chi connectivity index (χ0v) is 11.4. The normalized spacial score (nSPS) is 10.6. The molecule has 0 bridgehead atoms. The summed E-state index contributed by atoms with van der Waals surface area (Å²) in [5.74, 6) is 0.813. The predicted molar refractivity (Wildman–Crippen MR) is 74.9 cm³/mol. The lowest BCUT2D eigenvalue weighted by atomic mass is 10.2. The van der Waals surface area contributed by atoms with Crippen LogP contribution in [0.25, 0.3) is 22.8 Å². The summed E-state index contributed by atoms with van der Waals surface area (Å²) in [6, 6.07) is 14.5. The Kier molecular flexibility index (Phi) is 3.13. The first-order chi connectivity index (χ1) is 9.24. The second kappa shape index (κ2) is 4.93. The summed E-state index contributed by atoms with van der Waals surface area (Å²) >= 11 is 3.12. The molecular formula is C14H9BrFN3. The Morgan fingerprint density at radius 3 is 2.53 bits per heavy atom. The van der Waals surface area contributed by atoms with Gasteiger partial charge in [-0.2, -0.15) is 5.10 Å². The first-order valence-corrected chi connectivity index (χ1v) is 6.46. The Balaban J connectivity index is 1.99. The molecule has 0 saturated heterocycles. The summed E-state index contributed by atoms with van der Waals surface area (Å²) in [6.45, 7) is 0. The molecule has 2 aromatic carbocycles. The van der Waals surface area contributed by atoms with Crippen LogP contribution in [0.1, 0.15) is 0 Å². The minimum Gasteiger partial charge on any atom is -0.259 e. The van der Waals surface area contributed by atoms with Gasteiger partial charge in [-0.3, -0.25) is 5.10 Å². The Bertz CT molecular complexity index is 710. The van der Waals surface area contributed by atoms with E-state index in [2.05, 4.69) is 31.1 Å². The number of H-pyrrole nitrogens is 1. The Hall–Kier alpha value is -2.01. The zero-order chi connectivity index (χ0) is 13.2. The molecule has 1 N–H and O–H groups in total. The third-order valence-corrected chi connectivity index (χ3v) is 3.35. The maximum absolute atomic E-state index is 13.5. The predicted octanol–water partition coefficient (Wildman–Crippen LogP) is 4.04. The van der Waals surface area contributed by atoms with E-state index in [-0.39, 0.29) is 5.82 Å². The molecule has 0 fully saturated rings. The van der Waals surface area contributed by atoms with E-state index in [1.165, 1.54) is 6.07 Å². The second-order valence-corrected chi connectivity index (χ2v) is 4.86. The molecule has 3 aromatic rings. The molecule has 3 nitrogen and oxygen atoms in total. The Labute approximate surface area is 117 Å². The number of hydrogen-bond acceptors (Lipinski definition) is 2. The van der Waals surface area contributed by atoms with Crippen LogP contribution >= 0.6 is 15.9 Å². The van der Waals surface area contributed by atoms with Crippen molar-refractivity contribution in [2.45, 2.75) is 0 Å². The number of halogens is 2. The molecule has 0 aliphatic heterocycles. The van der Waals surface area contributed by atoms with E-state index in [4.69, 9.17) is 0 Å². The van der Waals surface area contributed by atoms with E-state index in [9.17, 15) is 4.39 Å². The van der Waals surface area contributed by atoms with Gasteiger partial charge >= 0.3 is 0 Å². The standard InChI is InChI=1S/C14H9BrFN3/c15-11-7-6-10(8-12(11)16)14-17-13(18-19-14)9-4-2-1-3-5-9/h1-8H,(H,17,18,19). The summed E-state index contributed by atoms with van der Waals surface area (Å²) in [4.78, 5) is 4.37. The first kappa shape index (κ1) is 12.0. The third kappa shape index (κ3) is 2.42. The van der Waals surface area contributed by atoms with E-state index >= 15 is 0 Å². The average Bonchev–Trinajstić information content (AvgIpc) is 2.93. The van der Waals surface area contributed by atoms with E-state index in [0.717, 1.165) is 5.56 Å². The van der Waals surface area contributed by atoms with Gasteiger partial charge in [0.25, 0.3) is 0 Å². The van der Waals surface area contributed by atoms with Crippen LogP contribution in [0.5, 0.6) is 0 Å². The van der Waals surface area contributed by atoms with Crippen LogP contribution < -0.4 is 0 Å². The lowest BCUT2D eigenvalue weighted by Crippen LogP contribution is -1.84. The topological polar surface area (TPSA) is 41.6 Å². The molecule has 0 unspecified atom stereocenters. The minimum atomic E-state index is -0.330. The molecular weight excluding hydrogens is 309 g/mol. The van der Waals surface area contributed by atoms with E-state index in [1.807, 2.05) is 30.3 Å². The molecule has 0 atom stereocenters. The highest BCUT2D eigenvalue weighted by atomic mass is 79.9. The smallest absolute Gasteiger partial charge is 0.181 e. The maximum atomic E-state index is 13.5. The van der Waals surface area contributed by atoms with Gasteiger partial charge < -0.3 is 0 Å². The molecule has 3 rings (SSSR count). The van der Waals surface area contributed by atoms with E-state index in [0.29, 0.717) is 21.7 Å². The summed E-state index contributed by atoms with van der Waals surface area (Å²) < 4.78 is 13.9. The Morgan fingerprint density at radius 1 is 1.00 bits per heavy atom. The number of nitrogens with one attached hydrogen (secondary N) is 1. The van der Waals surface area contributed by atoms with Gasteiger partial charge in [-0.15, -0.1) is 0 Å². The highest BCUT2D eigenvalue weighted by molar-refractivity contribution is 9.10. The van der Waals surface area contributed by atoms with Gasteiger partial charge in [0, 0.05) is 11.1 Å². The number of hydrogen-bond donors (Lipinski definition) is 1. The lowest BCUT2D eigenvalue weighted by Gasteiger charge is -1.97. The molecule has 0 radical (unpaired) electrons. The molecule has 5 heteroatoms. The molecule has 0 aliphatic rings. The summed E-state index contributed by atoms with van der Waals surface area (Å²) in [5, 5.41) is 6.97. The van der Waals surface area contributed by atoms with Crippen molar-refractivity contribution in [3.05, 3.63) is 58.8 Å². The third-order valence-electron chi connectivity index (χ3n) is 2.71. The number of rotatable bonds is 2. The fourth-order valence-corrected chi connectivity index (χ4v) is 2.00. The lowest BCUT2D eigenvalue weighted by molar-refractivity contribution is 0.621. The van der Waals surface area contributed by atoms with Gasteiger partial charge in [0.15, 0.2) is 11.6 Å². The van der Waals surface area contributed by atoms with Crippen molar-refractivity contribution in [1.29, 1.82) is 0 Å². The largest absolute Gasteiger partial charge is 0.259 e. The first-order valence-electron chi connectivity index (χ1n) is 5.67. The van der Waals surface area contributed by atoms with E-state index in [1.54, 1.807) is 12.1 Å². The molecule has 0 saturated carbocycles. The van der Waals surface area contributed by atoms with E-state index < -0.39 is 0 Å². The van der Waals surface area contributed by atoms with Crippen molar-refractivity contribution in [3.8, 4) is 22.8 Å². The Morgan fingerprint density at radius 2 is 1.79 bits per heavy atom. The van der Waals surface area contributed by atoms with Gasteiger partial charge in [0.2, 0.25) is 0 Å². The zero-order valence-electron chi connectivity index (χ0n) is 9.77. The molecule has 19 heavy (non-hydrogen) atoms. The quantitative estimate of drug-likeness (QED) is 0.775. The van der Waals surface area contributed by atoms with Gasteiger partial charge in [-0.1, -0.05) is 30.3 Å². The molecule has 0 aliphatic carbocycles. The summed E-state index contributed by atoms with van der Waals surface area (Å²) in [5.41, 5.74) is 1.58. The number of aromatic nitrogens is 3. The van der Waals surface area contributed by atoms with Gasteiger partial charge in [0.1, 0.15) is 5.82 Å². The number of aromatic amines is 1. The average molecular weight is 318 g/mol. The molecule has 94 valence electrons. The van der Waals surface area contributed by atoms with Crippen LogP contribution in [-0.2, 0) is 0 Å². The summed E-state index contributed by atoms with van der Waals surface area (Å²) in [7, 11) is 0. The maximum Gasteiger partial charge on any atom is 0.181 e. The fraction of sp³-hybridized carbons (Fsp3) is 0. The van der Waals surface area contributed by atoms with Crippen LogP contribution in [0.15, 0.2) is 53.0 Å². The molecule has 1 aromatic heterocycles. The van der Waals surface area contributed by atoms with Crippen molar-refractivity contribution < 1.29 is 4.39 Å². The summed E-state index contributed by atoms with van der Waals surface area (Å²) in [6.07, 6.45) is 0. The van der Waals surface area contributed by atoms with Crippen LogP contribution in [-0.4, -0.2) is 15.2 Å². The number of benzene rings is 2. The minimum absolute atomic E-state index is 0.330. The monoisotopic (exact) mass is 317 g/mol. The van der Waals surface area contributed by atoms with Gasteiger partial charge in [-0.25, -0.2) is 9.37 Å². The van der Waals surface area contributed by atoms with Crippen molar-refractivity contribution in [3.63, 3.8) is 0 Å². The SMILES string of the molecule is Fc1cc(-c2n[nH]c(-c3ccccc3)n2)ccc1Br. The highest BCUT2D eigenvalue weighted by Gasteiger charge is 2.09. The van der Waals surface area contributed by atoms with Crippen molar-refractivity contribution >= 4 is 15.9 Å². The number of nitrogens with zero attached hydrogens (tertiary/aromatic N) is 2. The van der Waals surface area contributed by atoms with Crippen LogP contribution in [0.3, 0.4) is 0 Å². The van der Waals surface area contributed by atoms with Crippen molar-refractivity contribution in [1.82, 2.24) is 15.2 Å². The van der Waals surface area contributed by atoms with Crippen molar-refractivity contribution in [2.24, 2.45) is 0 Å². The van der Waals surface area contributed by atoms with Crippen LogP contribution in [0.4, 0.5) is 4.39 Å². The fourth-order valence-electron chi connectivity index (χ4n) is 1.75. The second-order valence-electron chi connectivity index (χ2n) is 4.00. The van der Waals surface area contributed by atoms with Gasteiger partial charge in [-0.05, 0) is 34.1 Å². The van der Waals surface area contributed by atoms with Crippen molar-refractivity contribution in [2.75, 3.05) is 0 Å². The molecule has 0 spiro atoms. The van der Waals surface area contributed by atoms with Gasteiger partial charge in [0.05, 0.1) is 4.47 Å². The molecule has 1 heterocycles. The van der Waals surface area contributed by atoms with Crippen LogP contribution in [0, 0.1) is 5.82 Å². The molecule has 0 amide bonds.